The predicted octanol–water partition coefficient (Wildman–Crippen LogP) is 2.38. The molecule has 17 heavy (non-hydrogen) atoms. The summed E-state index contributed by atoms with van der Waals surface area (Å²) in [5.74, 6) is 0.216. The Hall–Kier alpha value is -1.53. The van der Waals surface area contributed by atoms with Crippen molar-refractivity contribution in [3.05, 3.63) is 12.3 Å². The maximum absolute atomic E-state index is 12.7. The molecule has 0 aromatic carbocycles. The molecule has 1 aliphatic carbocycles. The summed E-state index contributed by atoms with van der Waals surface area (Å²) in [6.07, 6.45) is -2.80. The second kappa shape index (κ2) is 4.05. The predicted molar refractivity (Wildman–Crippen MR) is 54.8 cm³/mol. The second-order valence-electron chi connectivity index (χ2n) is 3.86. The molecular weight excluding hydrogens is 235 g/mol. The monoisotopic (exact) mass is 247 g/mol. The average molecular weight is 247 g/mol. The molecule has 1 aromatic rings. The lowest BCUT2D eigenvalue weighted by Gasteiger charge is -2.20. The summed E-state index contributed by atoms with van der Waals surface area (Å²) in [4.78, 5) is 7.61. The van der Waals surface area contributed by atoms with Crippen LogP contribution in [0.3, 0.4) is 0 Å². The van der Waals surface area contributed by atoms with E-state index in [2.05, 4.69) is 15.3 Å². The van der Waals surface area contributed by atoms with Gasteiger partial charge in [-0.3, -0.25) is 0 Å². The molecule has 0 radical (unpaired) electrons. The third kappa shape index (κ3) is 2.42. The van der Waals surface area contributed by atoms with Crippen LogP contribution in [-0.4, -0.2) is 28.3 Å². The van der Waals surface area contributed by atoms with Crippen LogP contribution in [-0.2, 0) is 0 Å². The summed E-state index contributed by atoms with van der Waals surface area (Å²) in [6.45, 7) is 2.17. The van der Waals surface area contributed by atoms with Gasteiger partial charge in [-0.15, -0.1) is 0 Å². The molecule has 0 saturated heterocycles. The third-order valence-electron chi connectivity index (χ3n) is 2.57. The summed E-state index contributed by atoms with van der Waals surface area (Å²) in [7, 11) is 0. The molecule has 1 fully saturated rings. The van der Waals surface area contributed by atoms with Gasteiger partial charge in [0.05, 0.1) is 6.61 Å². The van der Waals surface area contributed by atoms with E-state index < -0.39 is 11.7 Å². The van der Waals surface area contributed by atoms with Crippen LogP contribution < -0.4 is 10.1 Å². The van der Waals surface area contributed by atoms with Gasteiger partial charge in [0, 0.05) is 12.3 Å². The topological polar surface area (TPSA) is 47.0 Å². The number of aromatic nitrogens is 2. The molecular formula is C10H12F3N3O. The molecule has 0 spiro atoms. The van der Waals surface area contributed by atoms with E-state index in [1.165, 1.54) is 12.3 Å². The molecule has 2 rings (SSSR count). The normalized spacial score (nSPS) is 17.6. The van der Waals surface area contributed by atoms with Crippen molar-refractivity contribution in [3.63, 3.8) is 0 Å². The molecule has 7 heteroatoms. The first-order valence-corrected chi connectivity index (χ1v) is 5.27. The molecule has 0 amide bonds. The fraction of sp³-hybridized carbons (Fsp3) is 0.600. The number of ether oxygens (including phenoxy) is 1. The van der Waals surface area contributed by atoms with E-state index in [-0.39, 0.29) is 24.7 Å². The molecule has 1 aromatic heterocycles. The summed E-state index contributed by atoms with van der Waals surface area (Å²) in [5.41, 5.74) is -1.85. The minimum Gasteiger partial charge on any atom is -0.478 e. The lowest BCUT2D eigenvalue weighted by atomic mass is 10.2. The standard InChI is InChI=1S/C10H12F3N3O/c1-2-17-7-3-6-14-8(15-7)16-9(4-5-9)10(11,12)13/h3,6H,2,4-5H2,1H3,(H,14,15,16). The Morgan fingerprint density at radius 3 is 2.71 bits per heavy atom. The zero-order chi connectivity index (χ0) is 12.5. The fourth-order valence-corrected chi connectivity index (χ4v) is 1.45. The highest BCUT2D eigenvalue weighted by atomic mass is 19.4. The van der Waals surface area contributed by atoms with Crippen molar-refractivity contribution in [3.8, 4) is 5.88 Å². The molecule has 0 atom stereocenters. The van der Waals surface area contributed by atoms with Gasteiger partial charge in [-0.25, -0.2) is 4.98 Å². The maximum atomic E-state index is 12.7. The van der Waals surface area contributed by atoms with E-state index in [1.54, 1.807) is 6.92 Å². The van der Waals surface area contributed by atoms with E-state index in [4.69, 9.17) is 4.74 Å². The van der Waals surface area contributed by atoms with Gasteiger partial charge in [0.2, 0.25) is 11.8 Å². The zero-order valence-electron chi connectivity index (χ0n) is 9.21. The summed E-state index contributed by atoms with van der Waals surface area (Å²) in [6, 6.07) is 1.50. The number of rotatable bonds is 4. The maximum Gasteiger partial charge on any atom is 0.411 e. The molecule has 1 saturated carbocycles. The minimum atomic E-state index is -4.28. The van der Waals surface area contributed by atoms with Crippen LogP contribution in [0.1, 0.15) is 19.8 Å². The van der Waals surface area contributed by atoms with Crippen LogP contribution in [0.4, 0.5) is 19.1 Å². The van der Waals surface area contributed by atoms with Crippen LogP contribution in [0.2, 0.25) is 0 Å². The van der Waals surface area contributed by atoms with Crippen molar-refractivity contribution in [1.82, 2.24) is 9.97 Å². The number of alkyl halides is 3. The Bertz CT molecular complexity index is 404. The number of hydrogen-bond donors (Lipinski definition) is 1. The smallest absolute Gasteiger partial charge is 0.411 e. The van der Waals surface area contributed by atoms with Crippen LogP contribution in [0.25, 0.3) is 0 Å². The number of nitrogens with zero attached hydrogens (tertiary/aromatic N) is 2. The van der Waals surface area contributed by atoms with Crippen molar-refractivity contribution < 1.29 is 17.9 Å². The Morgan fingerprint density at radius 2 is 2.18 bits per heavy atom. The number of hydrogen-bond acceptors (Lipinski definition) is 4. The van der Waals surface area contributed by atoms with Gasteiger partial charge in [0.25, 0.3) is 0 Å². The molecule has 0 unspecified atom stereocenters. The first kappa shape index (κ1) is 11.9. The van der Waals surface area contributed by atoms with Gasteiger partial charge in [-0.1, -0.05) is 0 Å². The van der Waals surface area contributed by atoms with Gasteiger partial charge in [-0.05, 0) is 19.8 Å². The number of nitrogens with one attached hydrogen (secondary N) is 1. The Balaban J connectivity index is 2.11. The van der Waals surface area contributed by atoms with Crippen LogP contribution in [0.15, 0.2) is 12.3 Å². The van der Waals surface area contributed by atoms with Crippen LogP contribution in [0, 0.1) is 0 Å². The Kier molecular flexibility index (Phi) is 2.84. The summed E-state index contributed by atoms with van der Waals surface area (Å²) < 4.78 is 43.1. The van der Waals surface area contributed by atoms with E-state index in [0.29, 0.717) is 6.61 Å². The molecule has 0 aliphatic heterocycles. The van der Waals surface area contributed by atoms with Crippen molar-refractivity contribution >= 4 is 5.95 Å². The minimum absolute atomic E-state index is 0.0502. The van der Waals surface area contributed by atoms with Crippen molar-refractivity contribution in [2.75, 3.05) is 11.9 Å². The van der Waals surface area contributed by atoms with Gasteiger partial charge >= 0.3 is 6.18 Å². The van der Waals surface area contributed by atoms with Gasteiger partial charge in [0.15, 0.2) is 0 Å². The summed E-state index contributed by atoms with van der Waals surface area (Å²) in [5, 5.41) is 2.34. The Morgan fingerprint density at radius 1 is 1.47 bits per heavy atom. The number of anilines is 1. The Labute approximate surface area is 96.2 Å². The molecule has 1 aliphatic rings. The van der Waals surface area contributed by atoms with E-state index in [0.717, 1.165) is 0 Å². The van der Waals surface area contributed by atoms with E-state index in [1.807, 2.05) is 0 Å². The van der Waals surface area contributed by atoms with Gasteiger partial charge < -0.3 is 10.1 Å². The molecule has 94 valence electrons. The highest BCUT2D eigenvalue weighted by molar-refractivity contribution is 5.36. The molecule has 4 nitrogen and oxygen atoms in total. The molecule has 0 bridgehead atoms. The first-order valence-electron chi connectivity index (χ1n) is 5.27. The fourth-order valence-electron chi connectivity index (χ4n) is 1.45. The molecule has 1 N–H and O–H groups in total. The number of halogens is 3. The molecule has 1 heterocycles. The van der Waals surface area contributed by atoms with Crippen molar-refractivity contribution in [2.24, 2.45) is 0 Å². The lowest BCUT2D eigenvalue weighted by molar-refractivity contribution is -0.151. The second-order valence-corrected chi connectivity index (χ2v) is 3.86. The van der Waals surface area contributed by atoms with Gasteiger partial charge in [-0.2, -0.15) is 18.2 Å². The van der Waals surface area contributed by atoms with Crippen LogP contribution in [0.5, 0.6) is 5.88 Å². The summed E-state index contributed by atoms with van der Waals surface area (Å²) >= 11 is 0. The SMILES string of the molecule is CCOc1ccnc(NC2(C(F)(F)F)CC2)n1. The quantitative estimate of drug-likeness (QED) is 0.887. The largest absolute Gasteiger partial charge is 0.478 e. The highest BCUT2D eigenvalue weighted by Gasteiger charge is 2.64. The van der Waals surface area contributed by atoms with Crippen LogP contribution >= 0.6 is 0 Å². The lowest BCUT2D eigenvalue weighted by Crippen LogP contribution is -2.39. The van der Waals surface area contributed by atoms with Gasteiger partial charge in [0.1, 0.15) is 5.54 Å². The zero-order valence-corrected chi connectivity index (χ0v) is 9.21. The third-order valence-corrected chi connectivity index (χ3v) is 2.57. The van der Waals surface area contributed by atoms with E-state index in [9.17, 15) is 13.2 Å². The van der Waals surface area contributed by atoms with Crippen molar-refractivity contribution in [1.29, 1.82) is 0 Å². The average Bonchev–Trinajstić information content (AvgIpc) is 2.99. The highest BCUT2D eigenvalue weighted by Crippen LogP contribution is 2.50. The van der Waals surface area contributed by atoms with Crippen molar-refractivity contribution in [2.45, 2.75) is 31.5 Å². The first-order chi connectivity index (χ1) is 7.97. The van der Waals surface area contributed by atoms with E-state index >= 15 is 0 Å².